The van der Waals surface area contributed by atoms with Crippen LogP contribution in [0.4, 0.5) is 5.69 Å². The predicted molar refractivity (Wildman–Crippen MR) is 111 cm³/mol. The van der Waals surface area contributed by atoms with Gasteiger partial charge in [0.05, 0.1) is 22.8 Å². The monoisotopic (exact) mass is 409 g/mol. The van der Waals surface area contributed by atoms with Crippen molar-refractivity contribution >= 4 is 28.9 Å². The van der Waals surface area contributed by atoms with Crippen molar-refractivity contribution in [3.63, 3.8) is 0 Å². The fourth-order valence-electron chi connectivity index (χ4n) is 3.19. The van der Waals surface area contributed by atoms with Crippen LogP contribution in [0.2, 0.25) is 10.0 Å². The second-order valence-corrected chi connectivity index (χ2v) is 7.22. The smallest absolute Gasteiger partial charge is 0.161 e. The molecule has 0 atom stereocenters. The number of nitrogens with zero attached hydrogens (tertiary/aromatic N) is 2. The summed E-state index contributed by atoms with van der Waals surface area (Å²) in [5.74, 6) is 1.47. The molecule has 3 rings (SSSR count). The average molecular weight is 410 g/mol. The summed E-state index contributed by atoms with van der Waals surface area (Å²) in [6, 6.07) is 11.6. The zero-order valence-electron chi connectivity index (χ0n) is 15.5. The number of methoxy groups -OCH3 is 1. The van der Waals surface area contributed by atoms with Gasteiger partial charge in [-0.15, -0.1) is 0 Å². The van der Waals surface area contributed by atoms with Crippen LogP contribution < -0.4 is 20.1 Å². The van der Waals surface area contributed by atoms with Gasteiger partial charge in [0.1, 0.15) is 6.61 Å². The van der Waals surface area contributed by atoms with Crippen LogP contribution in [0.15, 0.2) is 36.4 Å². The molecule has 0 aromatic heterocycles. The van der Waals surface area contributed by atoms with E-state index in [1.165, 1.54) is 0 Å². The summed E-state index contributed by atoms with van der Waals surface area (Å²) in [5, 5.41) is 1.23. The lowest BCUT2D eigenvalue weighted by Crippen LogP contribution is -2.47. The number of rotatable bonds is 7. The minimum atomic E-state index is 0.484. The van der Waals surface area contributed by atoms with Crippen molar-refractivity contribution in [1.29, 1.82) is 0 Å². The highest BCUT2D eigenvalue weighted by molar-refractivity contribution is 6.43. The minimum absolute atomic E-state index is 0.484. The van der Waals surface area contributed by atoms with E-state index < -0.39 is 0 Å². The predicted octanol–water partition coefficient (Wildman–Crippen LogP) is 3.66. The van der Waals surface area contributed by atoms with Crippen molar-refractivity contribution in [3.8, 4) is 11.5 Å². The first-order valence-electron chi connectivity index (χ1n) is 9.03. The third kappa shape index (κ3) is 4.99. The van der Waals surface area contributed by atoms with E-state index in [4.69, 9.17) is 38.4 Å². The standard InChI is InChI=1S/C20H25Cl2N3O2/c1-26-19-13-15(14-23)5-6-18(19)27-12-11-24-7-9-25(10-8-24)17-4-2-3-16(21)20(17)22/h2-6,13H,7-12,14,23H2,1H3. The Morgan fingerprint density at radius 3 is 2.52 bits per heavy atom. The average Bonchev–Trinajstić information content (AvgIpc) is 2.71. The first kappa shape index (κ1) is 20.1. The van der Waals surface area contributed by atoms with Gasteiger partial charge in [-0.1, -0.05) is 35.3 Å². The topological polar surface area (TPSA) is 51.0 Å². The Kier molecular flexibility index (Phi) is 7.07. The van der Waals surface area contributed by atoms with Gasteiger partial charge in [-0.05, 0) is 29.8 Å². The molecule has 0 unspecified atom stereocenters. The van der Waals surface area contributed by atoms with Gasteiger partial charge in [-0.25, -0.2) is 0 Å². The molecule has 0 spiro atoms. The number of anilines is 1. The van der Waals surface area contributed by atoms with Crippen LogP contribution in [-0.2, 0) is 6.54 Å². The molecule has 146 valence electrons. The number of hydrogen-bond donors (Lipinski definition) is 1. The zero-order chi connectivity index (χ0) is 19.2. The minimum Gasteiger partial charge on any atom is -0.493 e. The van der Waals surface area contributed by atoms with Gasteiger partial charge in [0.15, 0.2) is 11.5 Å². The van der Waals surface area contributed by atoms with E-state index in [-0.39, 0.29) is 0 Å². The van der Waals surface area contributed by atoms with Crippen LogP contribution in [-0.4, -0.2) is 51.3 Å². The highest BCUT2D eigenvalue weighted by Gasteiger charge is 2.19. The molecule has 0 bridgehead atoms. The van der Waals surface area contributed by atoms with Gasteiger partial charge < -0.3 is 20.1 Å². The van der Waals surface area contributed by atoms with Gasteiger partial charge in [-0.2, -0.15) is 0 Å². The van der Waals surface area contributed by atoms with E-state index in [2.05, 4.69) is 9.80 Å². The van der Waals surface area contributed by atoms with Crippen molar-refractivity contribution in [1.82, 2.24) is 4.90 Å². The largest absolute Gasteiger partial charge is 0.493 e. The summed E-state index contributed by atoms with van der Waals surface area (Å²) >= 11 is 12.5. The molecule has 1 aliphatic rings. The molecule has 2 aromatic rings. The fraction of sp³-hybridized carbons (Fsp3) is 0.400. The summed E-state index contributed by atoms with van der Waals surface area (Å²) in [6.45, 7) is 5.68. The number of piperazine rings is 1. The molecule has 0 amide bonds. The number of nitrogens with two attached hydrogens (primary N) is 1. The van der Waals surface area contributed by atoms with Gasteiger partial charge in [0, 0.05) is 39.3 Å². The molecule has 0 saturated carbocycles. The van der Waals surface area contributed by atoms with Gasteiger partial charge in [-0.3, -0.25) is 4.90 Å². The summed E-state index contributed by atoms with van der Waals surface area (Å²) in [5.41, 5.74) is 7.70. The van der Waals surface area contributed by atoms with Gasteiger partial charge >= 0.3 is 0 Å². The van der Waals surface area contributed by atoms with E-state index in [0.717, 1.165) is 55.5 Å². The highest BCUT2D eigenvalue weighted by Crippen LogP contribution is 2.33. The van der Waals surface area contributed by atoms with Crippen molar-refractivity contribution in [2.24, 2.45) is 5.73 Å². The molecule has 5 nitrogen and oxygen atoms in total. The Morgan fingerprint density at radius 2 is 1.81 bits per heavy atom. The molecule has 1 aliphatic heterocycles. The molecular formula is C20H25Cl2N3O2. The molecule has 7 heteroatoms. The van der Waals surface area contributed by atoms with Gasteiger partial charge in [0.25, 0.3) is 0 Å². The van der Waals surface area contributed by atoms with E-state index in [0.29, 0.717) is 23.2 Å². The van der Waals surface area contributed by atoms with Crippen LogP contribution in [0, 0.1) is 0 Å². The molecule has 0 radical (unpaired) electrons. The fourth-order valence-corrected chi connectivity index (χ4v) is 3.61. The van der Waals surface area contributed by atoms with E-state index >= 15 is 0 Å². The first-order valence-corrected chi connectivity index (χ1v) is 9.79. The summed E-state index contributed by atoms with van der Waals surface area (Å²) in [7, 11) is 1.64. The maximum atomic E-state index is 6.34. The maximum absolute atomic E-state index is 6.34. The summed E-state index contributed by atoms with van der Waals surface area (Å²) < 4.78 is 11.3. The third-order valence-corrected chi connectivity index (χ3v) is 5.58. The number of benzene rings is 2. The Balaban J connectivity index is 1.48. The normalized spacial score (nSPS) is 15.0. The van der Waals surface area contributed by atoms with Crippen molar-refractivity contribution in [3.05, 3.63) is 52.0 Å². The Labute approximate surface area is 170 Å². The summed E-state index contributed by atoms with van der Waals surface area (Å²) in [4.78, 5) is 4.66. The molecule has 1 heterocycles. The SMILES string of the molecule is COc1cc(CN)ccc1OCCN1CCN(c2cccc(Cl)c2Cl)CC1. The second kappa shape index (κ2) is 9.51. The number of halogens is 2. The quantitative estimate of drug-likeness (QED) is 0.755. The molecule has 1 saturated heterocycles. The molecule has 27 heavy (non-hydrogen) atoms. The zero-order valence-corrected chi connectivity index (χ0v) is 17.0. The number of hydrogen-bond acceptors (Lipinski definition) is 5. The van der Waals surface area contributed by atoms with Crippen LogP contribution in [0.3, 0.4) is 0 Å². The van der Waals surface area contributed by atoms with Crippen LogP contribution in [0.5, 0.6) is 11.5 Å². The Morgan fingerprint density at radius 1 is 1.04 bits per heavy atom. The van der Waals surface area contributed by atoms with E-state index in [1.807, 2.05) is 36.4 Å². The van der Waals surface area contributed by atoms with Crippen molar-refractivity contribution in [2.75, 3.05) is 51.3 Å². The maximum Gasteiger partial charge on any atom is 0.161 e. The first-order chi connectivity index (χ1) is 13.1. The van der Waals surface area contributed by atoms with Crippen LogP contribution in [0.1, 0.15) is 5.56 Å². The summed E-state index contributed by atoms with van der Waals surface area (Å²) in [6.07, 6.45) is 0. The van der Waals surface area contributed by atoms with Crippen LogP contribution >= 0.6 is 23.2 Å². The Hall–Kier alpha value is -1.66. The molecule has 0 aliphatic carbocycles. The second-order valence-electron chi connectivity index (χ2n) is 6.44. The van der Waals surface area contributed by atoms with E-state index in [1.54, 1.807) is 7.11 Å². The van der Waals surface area contributed by atoms with Crippen molar-refractivity contribution in [2.45, 2.75) is 6.54 Å². The van der Waals surface area contributed by atoms with E-state index in [9.17, 15) is 0 Å². The third-order valence-electron chi connectivity index (χ3n) is 4.77. The molecule has 2 N–H and O–H groups in total. The van der Waals surface area contributed by atoms with Crippen LogP contribution in [0.25, 0.3) is 0 Å². The number of ether oxygens (including phenoxy) is 2. The van der Waals surface area contributed by atoms with Gasteiger partial charge in [0.2, 0.25) is 0 Å². The highest BCUT2D eigenvalue weighted by atomic mass is 35.5. The lowest BCUT2D eigenvalue weighted by atomic mass is 10.2. The Bertz CT molecular complexity index is 765. The van der Waals surface area contributed by atoms with Crippen molar-refractivity contribution < 1.29 is 9.47 Å². The lowest BCUT2D eigenvalue weighted by molar-refractivity contribution is 0.197. The molecule has 2 aromatic carbocycles. The lowest BCUT2D eigenvalue weighted by Gasteiger charge is -2.36. The molecule has 1 fully saturated rings. The molecular weight excluding hydrogens is 385 g/mol.